The van der Waals surface area contributed by atoms with Crippen LogP contribution in [0.3, 0.4) is 0 Å². The van der Waals surface area contributed by atoms with Crippen molar-refractivity contribution in [2.45, 2.75) is 24.7 Å². The summed E-state index contributed by atoms with van der Waals surface area (Å²) in [6.07, 6.45) is 1.13. The zero-order chi connectivity index (χ0) is 23.3. The quantitative estimate of drug-likeness (QED) is 0.262. The van der Waals surface area contributed by atoms with Crippen molar-refractivity contribution in [1.82, 2.24) is 14.8 Å². The fraction of sp³-hybridized carbons (Fsp3) is 0.190. The van der Waals surface area contributed by atoms with Crippen molar-refractivity contribution in [3.05, 3.63) is 75.8 Å². The number of halogens is 4. The molecule has 3 rings (SSSR count). The number of amides is 1. The van der Waals surface area contributed by atoms with Crippen LogP contribution in [0.5, 0.6) is 5.75 Å². The van der Waals surface area contributed by atoms with Gasteiger partial charge in [-0.2, -0.15) is 0 Å². The standard InChI is InChI=1S/C21H18Cl3FN4O2S/c1-3-9-29-20(12(2)31-17-8-7-13(25)10-16(17)24)27-28-21(29)32-11-18(30)26-19-14(22)5-4-6-15(19)23/h3-8,10,12H,1,9,11H2,2H3,(H,26,30). The fourth-order valence-electron chi connectivity index (χ4n) is 2.75. The van der Waals surface area contributed by atoms with Crippen LogP contribution in [-0.4, -0.2) is 26.4 Å². The summed E-state index contributed by atoms with van der Waals surface area (Å²) in [5, 5.41) is 12.4. The number of hydrogen-bond donors (Lipinski definition) is 1. The van der Waals surface area contributed by atoms with Gasteiger partial charge in [-0.1, -0.05) is 58.7 Å². The van der Waals surface area contributed by atoms with Crippen molar-refractivity contribution in [1.29, 1.82) is 0 Å². The van der Waals surface area contributed by atoms with Gasteiger partial charge in [0.1, 0.15) is 11.6 Å². The zero-order valence-electron chi connectivity index (χ0n) is 16.8. The molecule has 1 atom stereocenters. The largest absolute Gasteiger partial charge is 0.481 e. The average Bonchev–Trinajstić information content (AvgIpc) is 3.14. The van der Waals surface area contributed by atoms with Crippen molar-refractivity contribution in [2.75, 3.05) is 11.1 Å². The number of nitrogens with zero attached hydrogens (tertiary/aromatic N) is 3. The van der Waals surface area contributed by atoms with E-state index in [2.05, 4.69) is 22.1 Å². The summed E-state index contributed by atoms with van der Waals surface area (Å²) in [5.41, 5.74) is 0.355. The first-order valence-electron chi connectivity index (χ1n) is 9.32. The predicted molar refractivity (Wildman–Crippen MR) is 126 cm³/mol. The fourth-order valence-corrected chi connectivity index (χ4v) is 4.20. The summed E-state index contributed by atoms with van der Waals surface area (Å²) in [5.74, 6) is 0.110. The van der Waals surface area contributed by atoms with E-state index in [1.807, 2.05) is 0 Å². The third-order valence-electron chi connectivity index (χ3n) is 4.18. The molecule has 0 aliphatic heterocycles. The highest BCUT2D eigenvalue weighted by atomic mass is 35.5. The molecule has 2 aromatic carbocycles. The topological polar surface area (TPSA) is 69.0 Å². The zero-order valence-corrected chi connectivity index (χ0v) is 19.9. The van der Waals surface area contributed by atoms with Crippen LogP contribution in [0.25, 0.3) is 0 Å². The van der Waals surface area contributed by atoms with E-state index >= 15 is 0 Å². The Labute approximate surface area is 203 Å². The van der Waals surface area contributed by atoms with Gasteiger partial charge in [-0.3, -0.25) is 9.36 Å². The number of anilines is 1. The number of nitrogens with one attached hydrogen (secondary N) is 1. The Morgan fingerprint density at radius 1 is 1.25 bits per heavy atom. The van der Waals surface area contributed by atoms with Crippen molar-refractivity contribution in [3.8, 4) is 5.75 Å². The summed E-state index contributed by atoms with van der Waals surface area (Å²) in [7, 11) is 0. The third kappa shape index (κ3) is 5.95. The van der Waals surface area contributed by atoms with Gasteiger partial charge < -0.3 is 10.1 Å². The summed E-state index contributed by atoms with van der Waals surface area (Å²) < 4.78 is 20.9. The van der Waals surface area contributed by atoms with Crippen molar-refractivity contribution in [2.24, 2.45) is 0 Å². The maximum absolute atomic E-state index is 13.3. The van der Waals surface area contributed by atoms with Gasteiger partial charge in [-0.05, 0) is 37.3 Å². The Morgan fingerprint density at radius 2 is 1.97 bits per heavy atom. The maximum atomic E-state index is 13.3. The lowest BCUT2D eigenvalue weighted by Crippen LogP contribution is -2.16. The molecule has 168 valence electrons. The maximum Gasteiger partial charge on any atom is 0.234 e. The molecule has 6 nitrogen and oxygen atoms in total. The molecular formula is C21H18Cl3FN4O2S. The second-order valence-electron chi connectivity index (χ2n) is 6.51. The van der Waals surface area contributed by atoms with Crippen LogP contribution in [0, 0.1) is 5.82 Å². The molecule has 0 saturated heterocycles. The second-order valence-corrected chi connectivity index (χ2v) is 8.67. The lowest BCUT2D eigenvalue weighted by atomic mass is 10.3. The van der Waals surface area contributed by atoms with Gasteiger partial charge in [-0.25, -0.2) is 4.39 Å². The monoisotopic (exact) mass is 514 g/mol. The predicted octanol–water partition coefficient (Wildman–Crippen LogP) is 6.43. The Balaban J connectivity index is 1.71. The van der Waals surface area contributed by atoms with E-state index in [0.717, 1.165) is 0 Å². The van der Waals surface area contributed by atoms with Gasteiger partial charge in [0.2, 0.25) is 5.91 Å². The van der Waals surface area contributed by atoms with Crippen molar-refractivity contribution in [3.63, 3.8) is 0 Å². The SMILES string of the molecule is C=CCn1c(SCC(=O)Nc2c(Cl)cccc2Cl)nnc1C(C)Oc1ccc(F)cc1Cl. The number of aromatic nitrogens is 3. The van der Waals surface area contributed by atoms with E-state index < -0.39 is 11.9 Å². The van der Waals surface area contributed by atoms with E-state index in [-0.39, 0.29) is 16.7 Å². The minimum Gasteiger partial charge on any atom is -0.481 e. The molecule has 1 heterocycles. The van der Waals surface area contributed by atoms with Gasteiger partial charge >= 0.3 is 0 Å². The molecule has 1 N–H and O–H groups in total. The average molecular weight is 516 g/mol. The Hall–Kier alpha value is -2.26. The molecule has 0 spiro atoms. The lowest BCUT2D eigenvalue weighted by Gasteiger charge is -2.16. The Morgan fingerprint density at radius 3 is 2.62 bits per heavy atom. The van der Waals surface area contributed by atoms with E-state index in [1.165, 1.54) is 30.0 Å². The van der Waals surface area contributed by atoms with E-state index in [9.17, 15) is 9.18 Å². The molecule has 3 aromatic rings. The van der Waals surface area contributed by atoms with E-state index in [1.54, 1.807) is 35.8 Å². The lowest BCUT2D eigenvalue weighted by molar-refractivity contribution is -0.113. The number of para-hydroxylation sites is 1. The van der Waals surface area contributed by atoms with E-state index in [0.29, 0.717) is 39.0 Å². The molecule has 1 aromatic heterocycles. The molecule has 0 saturated carbocycles. The number of allylic oxidation sites excluding steroid dienone is 1. The van der Waals surface area contributed by atoms with Gasteiger partial charge in [0, 0.05) is 6.54 Å². The summed E-state index contributed by atoms with van der Waals surface area (Å²) >= 11 is 19.4. The van der Waals surface area contributed by atoms with Crippen molar-refractivity contribution >= 4 is 58.2 Å². The van der Waals surface area contributed by atoms with Crippen molar-refractivity contribution < 1.29 is 13.9 Å². The first-order valence-corrected chi connectivity index (χ1v) is 11.4. The number of carbonyl (C=O) groups excluding carboxylic acids is 1. The van der Waals surface area contributed by atoms with Gasteiger partial charge in [-0.15, -0.1) is 16.8 Å². The molecule has 0 radical (unpaired) electrons. The summed E-state index contributed by atoms with van der Waals surface area (Å²) in [4.78, 5) is 12.4. The third-order valence-corrected chi connectivity index (χ3v) is 6.07. The highest BCUT2D eigenvalue weighted by molar-refractivity contribution is 7.99. The summed E-state index contributed by atoms with van der Waals surface area (Å²) in [6, 6.07) is 8.84. The molecule has 0 fully saturated rings. The molecule has 32 heavy (non-hydrogen) atoms. The number of thioether (sulfide) groups is 1. The van der Waals surface area contributed by atoms with Crippen LogP contribution < -0.4 is 10.1 Å². The van der Waals surface area contributed by atoms with Crippen LogP contribution in [0.15, 0.2) is 54.2 Å². The smallest absolute Gasteiger partial charge is 0.234 e. The van der Waals surface area contributed by atoms with Crippen LogP contribution >= 0.6 is 46.6 Å². The minimum atomic E-state index is -0.546. The minimum absolute atomic E-state index is 0.0514. The van der Waals surface area contributed by atoms with E-state index in [4.69, 9.17) is 39.5 Å². The van der Waals surface area contributed by atoms with Crippen LogP contribution in [-0.2, 0) is 11.3 Å². The molecule has 11 heteroatoms. The normalized spacial score (nSPS) is 11.8. The molecule has 1 amide bonds. The number of hydrogen-bond acceptors (Lipinski definition) is 5. The highest BCUT2D eigenvalue weighted by Gasteiger charge is 2.21. The number of rotatable bonds is 9. The van der Waals surface area contributed by atoms with Crippen LogP contribution in [0.2, 0.25) is 15.1 Å². The molecule has 0 aliphatic carbocycles. The number of benzene rings is 2. The first-order chi connectivity index (χ1) is 15.3. The first kappa shape index (κ1) is 24.4. The Bertz CT molecular complexity index is 1120. The van der Waals surface area contributed by atoms with Crippen LogP contribution in [0.1, 0.15) is 18.9 Å². The summed E-state index contributed by atoms with van der Waals surface area (Å²) in [6.45, 7) is 5.92. The van der Waals surface area contributed by atoms with Crippen LogP contribution in [0.4, 0.5) is 10.1 Å². The van der Waals surface area contributed by atoms with Gasteiger partial charge in [0.15, 0.2) is 17.1 Å². The number of ether oxygens (including phenoxy) is 1. The van der Waals surface area contributed by atoms with Gasteiger partial charge in [0.25, 0.3) is 0 Å². The highest BCUT2D eigenvalue weighted by Crippen LogP contribution is 2.32. The molecular weight excluding hydrogens is 498 g/mol. The Kier molecular flexibility index (Phi) is 8.42. The number of carbonyl (C=O) groups is 1. The second kappa shape index (κ2) is 11.0. The molecule has 0 bridgehead atoms. The van der Waals surface area contributed by atoms with Gasteiger partial charge in [0.05, 0.1) is 26.5 Å². The molecule has 1 unspecified atom stereocenters. The molecule has 0 aliphatic rings.